The van der Waals surface area contributed by atoms with E-state index >= 15 is 0 Å². The Bertz CT molecular complexity index is 354. The quantitative estimate of drug-likeness (QED) is 0.535. The molecular formula is C12H21ClN2O. The summed E-state index contributed by atoms with van der Waals surface area (Å²) in [5, 5.41) is 0. The van der Waals surface area contributed by atoms with E-state index in [1.54, 1.807) is 9.13 Å². The number of halogens is 1. The minimum atomic E-state index is 0.104. The highest BCUT2D eigenvalue weighted by molar-refractivity contribution is 6.17. The molecule has 1 rings (SSSR count). The van der Waals surface area contributed by atoms with E-state index in [4.69, 9.17) is 11.6 Å². The first-order valence-electron chi connectivity index (χ1n) is 6.00. The maximum Gasteiger partial charge on any atom is 0.328 e. The highest BCUT2D eigenvalue weighted by atomic mass is 35.5. The third-order valence-corrected chi connectivity index (χ3v) is 2.98. The molecule has 0 fully saturated rings. The second-order valence-electron chi connectivity index (χ2n) is 4.38. The molecule has 0 saturated carbocycles. The van der Waals surface area contributed by atoms with Gasteiger partial charge in [-0.2, -0.15) is 0 Å². The van der Waals surface area contributed by atoms with Gasteiger partial charge in [-0.1, -0.05) is 12.8 Å². The summed E-state index contributed by atoms with van der Waals surface area (Å²) in [5.74, 6) is 0.740. The summed E-state index contributed by atoms with van der Waals surface area (Å²) in [5.41, 5.74) is 0.104. The summed E-state index contributed by atoms with van der Waals surface area (Å²) < 4.78 is 3.56. The monoisotopic (exact) mass is 244 g/mol. The third kappa shape index (κ3) is 3.71. The van der Waals surface area contributed by atoms with Crippen molar-refractivity contribution in [3.05, 3.63) is 22.9 Å². The maximum atomic E-state index is 11.8. The number of imidazole rings is 1. The molecule has 0 aliphatic carbocycles. The number of aromatic nitrogens is 2. The number of rotatable bonds is 7. The zero-order valence-corrected chi connectivity index (χ0v) is 10.9. The number of hydrogen-bond acceptors (Lipinski definition) is 1. The summed E-state index contributed by atoms with van der Waals surface area (Å²) in [6.45, 7) is 4.86. The highest BCUT2D eigenvalue weighted by Gasteiger charge is 2.05. The standard InChI is InChI=1S/C12H21ClN2O/c1-11(2)15-10-9-14(12(15)16)8-6-4-3-5-7-13/h9-11H,3-8H2,1-2H3. The molecule has 3 nitrogen and oxygen atoms in total. The van der Waals surface area contributed by atoms with Crippen LogP contribution >= 0.6 is 11.6 Å². The second-order valence-corrected chi connectivity index (χ2v) is 4.76. The van der Waals surface area contributed by atoms with Crippen LogP contribution in [0.1, 0.15) is 45.6 Å². The molecule has 0 spiro atoms. The lowest BCUT2D eigenvalue weighted by Gasteiger charge is -2.04. The summed E-state index contributed by atoms with van der Waals surface area (Å²) in [6.07, 6.45) is 8.17. The van der Waals surface area contributed by atoms with Gasteiger partial charge in [0.1, 0.15) is 0 Å². The largest absolute Gasteiger partial charge is 0.328 e. The van der Waals surface area contributed by atoms with E-state index in [2.05, 4.69) is 0 Å². The molecular weight excluding hydrogens is 224 g/mol. The average Bonchev–Trinajstić information content (AvgIpc) is 2.60. The van der Waals surface area contributed by atoms with E-state index in [0.29, 0.717) is 0 Å². The molecule has 0 amide bonds. The molecule has 0 aromatic carbocycles. The molecule has 92 valence electrons. The molecule has 1 aromatic rings. The molecule has 0 radical (unpaired) electrons. The summed E-state index contributed by atoms with van der Waals surface area (Å²) in [4.78, 5) is 11.8. The van der Waals surface area contributed by atoms with Gasteiger partial charge in [0.15, 0.2) is 0 Å². The van der Waals surface area contributed by atoms with E-state index in [9.17, 15) is 4.79 Å². The molecule has 1 heterocycles. The molecule has 1 aromatic heterocycles. The minimum Gasteiger partial charge on any atom is -0.299 e. The summed E-state index contributed by atoms with van der Waals surface area (Å²) in [7, 11) is 0. The smallest absolute Gasteiger partial charge is 0.299 e. The molecule has 0 N–H and O–H groups in total. The van der Waals surface area contributed by atoms with Crippen LogP contribution in [-0.2, 0) is 6.54 Å². The lowest BCUT2D eigenvalue weighted by atomic mass is 10.2. The van der Waals surface area contributed by atoms with Gasteiger partial charge in [0.25, 0.3) is 0 Å². The van der Waals surface area contributed by atoms with Gasteiger partial charge in [0, 0.05) is 30.9 Å². The Hall–Kier alpha value is -0.700. The van der Waals surface area contributed by atoms with Crippen molar-refractivity contribution >= 4 is 11.6 Å². The topological polar surface area (TPSA) is 26.9 Å². The SMILES string of the molecule is CC(C)n1ccn(CCCCCCCl)c1=O. The van der Waals surface area contributed by atoms with Crippen LogP contribution in [0.15, 0.2) is 17.2 Å². The number of aryl methyl sites for hydroxylation is 1. The Kier molecular flexibility index (Phi) is 5.67. The van der Waals surface area contributed by atoms with Gasteiger partial charge in [-0.3, -0.25) is 9.13 Å². The predicted molar refractivity (Wildman–Crippen MR) is 68.3 cm³/mol. The molecule has 0 atom stereocenters. The predicted octanol–water partition coefficient (Wildman–Crippen LogP) is 3.03. The average molecular weight is 245 g/mol. The first-order valence-corrected chi connectivity index (χ1v) is 6.53. The second kappa shape index (κ2) is 6.79. The van der Waals surface area contributed by atoms with Crippen LogP contribution in [0, 0.1) is 0 Å². The molecule has 0 aliphatic rings. The van der Waals surface area contributed by atoms with Crippen LogP contribution in [0.2, 0.25) is 0 Å². The van der Waals surface area contributed by atoms with Crippen LogP contribution in [0.3, 0.4) is 0 Å². The van der Waals surface area contributed by atoms with Crippen LogP contribution in [0.25, 0.3) is 0 Å². The Morgan fingerprint density at radius 1 is 1.19 bits per heavy atom. The first-order chi connectivity index (χ1) is 7.66. The lowest BCUT2D eigenvalue weighted by Crippen LogP contribution is -2.25. The van der Waals surface area contributed by atoms with Gasteiger partial charge < -0.3 is 0 Å². The summed E-state index contributed by atoms with van der Waals surface area (Å²) in [6, 6.07) is 0.241. The fourth-order valence-electron chi connectivity index (χ4n) is 1.72. The van der Waals surface area contributed by atoms with Crippen molar-refractivity contribution < 1.29 is 0 Å². The fourth-order valence-corrected chi connectivity index (χ4v) is 1.91. The van der Waals surface area contributed by atoms with Crippen molar-refractivity contribution in [2.75, 3.05) is 5.88 Å². The summed E-state index contributed by atoms with van der Waals surface area (Å²) >= 11 is 5.60. The van der Waals surface area contributed by atoms with E-state index in [1.165, 1.54) is 0 Å². The van der Waals surface area contributed by atoms with E-state index in [-0.39, 0.29) is 11.7 Å². The van der Waals surface area contributed by atoms with Gasteiger partial charge in [-0.05, 0) is 26.7 Å². The molecule has 4 heteroatoms. The Balaban J connectivity index is 2.40. The van der Waals surface area contributed by atoms with Crippen LogP contribution < -0.4 is 5.69 Å². The number of nitrogens with zero attached hydrogens (tertiary/aromatic N) is 2. The Morgan fingerprint density at radius 2 is 1.88 bits per heavy atom. The maximum absolute atomic E-state index is 11.8. The highest BCUT2D eigenvalue weighted by Crippen LogP contribution is 2.04. The van der Waals surface area contributed by atoms with Gasteiger partial charge in [0.05, 0.1) is 0 Å². The Labute approximate surface area is 102 Å². The molecule has 0 aliphatic heterocycles. The zero-order chi connectivity index (χ0) is 12.0. The minimum absolute atomic E-state index is 0.104. The van der Waals surface area contributed by atoms with Crippen molar-refractivity contribution in [3.63, 3.8) is 0 Å². The van der Waals surface area contributed by atoms with Crippen molar-refractivity contribution in [2.24, 2.45) is 0 Å². The number of hydrogen-bond donors (Lipinski definition) is 0. The normalized spacial score (nSPS) is 11.2. The van der Waals surface area contributed by atoms with Crippen LogP contribution in [-0.4, -0.2) is 15.0 Å². The number of alkyl halides is 1. The molecule has 0 saturated heterocycles. The zero-order valence-electron chi connectivity index (χ0n) is 10.2. The van der Waals surface area contributed by atoms with E-state index in [0.717, 1.165) is 38.1 Å². The fraction of sp³-hybridized carbons (Fsp3) is 0.750. The number of unbranched alkanes of at least 4 members (excludes halogenated alkanes) is 3. The third-order valence-electron chi connectivity index (χ3n) is 2.71. The van der Waals surface area contributed by atoms with Crippen molar-refractivity contribution in [1.29, 1.82) is 0 Å². The molecule has 16 heavy (non-hydrogen) atoms. The molecule has 0 bridgehead atoms. The van der Waals surface area contributed by atoms with Crippen molar-refractivity contribution in [2.45, 2.75) is 52.1 Å². The van der Waals surface area contributed by atoms with E-state index in [1.807, 2.05) is 26.2 Å². The van der Waals surface area contributed by atoms with Gasteiger partial charge >= 0.3 is 5.69 Å². The van der Waals surface area contributed by atoms with Crippen LogP contribution in [0.4, 0.5) is 0 Å². The van der Waals surface area contributed by atoms with Gasteiger partial charge in [-0.25, -0.2) is 4.79 Å². The van der Waals surface area contributed by atoms with Gasteiger partial charge in [0.2, 0.25) is 0 Å². The Morgan fingerprint density at radius 3 is 2.44 bits per heavy atom. The van der Waals surface area contributed by atoms with Crippen molar-refractivity contribution in [1.82, 2.24) is 9.13 Å². The molecule has 0 unspecified atom stereocenters. The first kappa shape index (κ1) is 13.4. The van der Waals surface area contributed by atoms with Crippen LogP contribution in [0.5, 0.6) is 0 Å². The van der Waals surface area contributed by atoms with Crippen molar-refractivity contribution in [3.8, 4) is 0 Å². The van der Waals surface area contributed by atoms with Gasteiger partial charge in [-0.15, -0.1) is 11.6 Å². The van der Waals surface area contributed by atoms with E-state index < -0.39 is 0 Å². The lowest BCUT2D eigenvalue weighted by molar-refractivity contribution is 0.528.